The van der Waals surface area contributed by atoms with E-state index < -0.39 is 0 Å². The van der Waals surface area contributed by atoms with Crippen molar-refractivity contribution in [3.8, 4) is 0 Å². The van der Waals surface area contributed by atoms with Crippen molar-refractivity contribution in [1.29, 1.82) is 0 Å². The van der Waals surface area contributed by atoms with Crippen molar-refractivity contribution in [3.05, 3.63) is 65.7 Å². The molecule has 1 aliphatic rings. The minimum Gasteiger partial charge on any atom is -0.333 e. The van der Waals surface area contributed by atoms with E-state index >= 15 is 0 Å². The number of benzene rings is 2. The Morgan fingerprint density at radius 3 is 2.46 bits per heavy atom. The molecule has 1 unspecified atom stereocenters. The summed E-state index contributed by atoms with van der Waals surface area (Å²) in [6, 6.07) is 18.8. The number of hydrogen-bond donors (Lipinski definition) is 0. The Morgan fingerprint density at radius 2 is 1.86 bits per heavy atom. The van der Waals surface area contributed by atoms with Crippen molar-refractivity contribution < 1.29 is 4.79 Å². The Kier molecular flexibility index (Phi) is 6.79. The van der Waals surface area contributed by atoms with Crippen molar-refractivity contribution in [1.82, 2.24) is 4.90 Å². The molecule has 4 nitrogen and oxygen atoms in total. The Balaban J connectivity index is 1.70. The summed E-state index contributed by atoms with van der Waals surface area (Å²) in [4.78, 5) is 21.3. The van der Waals surface area contributed by atoms with Crippen molar-refractivity contribution in [2.24, 2.45) is 4.99 Å². The number of amidine groups is 1. The predicted molar refractivity (Wildman–Crippen MR) is 120 cm³/mol. The fraction of sp³-hybridized carbons (Fsp3) is 0.391. The van der Waals surface area contributed by atoms with Crippen molar-refractivity contribution in [3.63, 3.8) is 0 Å². The summed E-state index contributed by atoms with van der Waals surface area (Å²) in [6.45, 7) is 6.75. The van der Waals surface area contributed by atoms with Gasteiger partial charge >= 0.3 is 0 Å². The molecule has 1 saturated heterocycles. The molecule has 148 valence electrons. The maximum absolute atomic E-state index is 12.5. The highest BCUT2D eigenvalue weighted by molar-refractivity contribution is 8.14. The quantitative estimate of drug-likeness (QED) is 0.707. The number of thioether (sulfide) groups is 1. The molecule has 2 aromatic rings. The Labute approximate surface area is 172 Å². The van der Waals surface area contributed by atoms with Crippen LogP contribution < -0.4 is 4.90 Å². The van der Waals surface area contributed by atoms with Crippen LogP contribution in [0.1, 0.15) is 37.8 Å². The van der Waals surface area contributed by atoms with E-state index in [4.69, 9.17) is 4.99 Å². The number of hydrogen-bond acceptors (Lipinski definition) is 3. The summed E-state index contributed by atoms with van der Waals surface area (Å²) in [5, 5.41) is 1.01. The summed E-state index contributed by atoms with van der Waals surface area (Å²) in [5.74, 6) is 1.36. The zero-order valence-electron chi connectivity index (χ0n) is 17.1. The normalized spacial score (nSPS) is 18.1. The minimum atomic E-state index is -0.0112. The molecule has 2 aromatic carbocycles. The van der Waals surface area contributed by atoms with Crippen molar-refractivity contribution in [2.45, 2.75) is 39.3 Å². The molecular formula is C23H29N3OS. The molecule has 0 aliphatic carbocycles. The fourth-order valence-electron chi connectivity index (χ4n) is 3.40. The average Bonchev–Trinajstić information content (AvgIpc) is 3.03. The highest BCUT2D eigenvalue weighted by Crippen LogP contribution is 2.30. The topological polar surface area (TPSA) is 35.9 Å². The van der Waals surface area contributed by atoms with Gasteiger partial charge in [0.05, 0.1) is 0 Å². The number of anilines is 1. The zero-order chi connectivity index (χ0) is 20.1. The van der Waals surface area contributed by atoms with Crippen molar-refractivity contribution >= 4 is 28.5 Å². The van der Waals surface area contributed by atoms with E-state index in [1.807, 2.05) is 18.0 Å². The standard InChI is InChI=1S/C23H29N3OS/c1-17(2)20-10-12-21(13-11-20)26(18(3)27)22-16-28-23(25(22)4)24-15-14-19-8-6-5-7-9-19/h5-13,17,22H,14-16H2,1-4H3. The van der Waals surface area contributed by atoms with Crippen LogP contribution in [-0.4, -0.2) is 41.5 Å². The number of nitrogens with zero attached hydrogens (tertiary/aromatic N) is 3. The fourth-order valence-corrected chi connectivity index (χ4v) is 4.58. The van der Waals surface area contributed by atoms with Gasteiger partial charge in [0.2, 0.25) is 5.91 Å². The molecule has 0 spiro atoms. The summed E-state index contributed by atoms with van der Waals surface area (Å²) in [6.07, 6.45) is 0.916. The molecule has 1 atom stereocenters. The van der Waals surface area contributed by atoms with E-state index in [0.29, 0.717) is 5.92 Å². The van der Waals surface area contributed by atoms with Gasteiger partial charge in [-0.1, -0.05) is 68.1 Å². The third-order valence-corrected chi connectivity index (χ3v) is 6.22. The van der Waals surface area contributed by atoms with E-state index in [1.54, 1.807) is 18.7 Å². The highest BCUT2D eigenvalue weighted by atomic mass is 32.2. The molecule has 1 aliphatic heterocycles. The third-order valence-electron chi connectivity index (χ3n) is 5.08. The molecule has 0 saturated carbocycles. The molecule has 0 bridgehead atoms. The van der Waals surface area contributed by atoms with Gasteiger partial charge in [0, 0.05) is 32.0 Å². The maximum Gasteiger partial charge on any atom is 0.225 e. The third kappa shape index (κ3) is 4.76. The second-order valence-electron chi connectivity index (χ2n) is 7.44. The maximum atomic E-state index is 12.5. The molecule has 1 heterocycles. The minimum absolute atomic E-state index is 0.0112. The molecule has 1 fully saturated rings. The second-order valence-corrected chi connectivity index (χ2v) is 8.42. The van der Waals surface area contributed by atoms with Gasteiger partial charge in [-0.25, -0.2) is 0 Å². The molecule has 0 N–H and O–H groups in total. The number of amides is 1. The lowest BCUT2D eigenvalue weighted by Gasteiger charge is -2.33. The van der Waals surface area contributed by atoms with Gasteiger partial charge in [0.1, 0.15) is 6.17 Å². The molecule has 0 aromatic heterocycles. The van der Waals surface area contributed by atoms with Crippen LogP contribution in [-0.2, 0) is 11.2 Å². The van der Waals surface area contributed by atoms with Crippen LogP contribution in [0.3, 0.4) is 0 Å². The Hall–Kier alpha value is -2.27. The van der Waals surface area contributed by atoms with E-state index in [0.717, 1.165) is 29.6 Å². The zero-order valence-corrected chi connectivity index (χ0v) is 17.9. The average molecular weight is 396 g/mol. The van der Waals surface area contributed by atoms with Crippen LogP contribution in [0.25, 0.3) is 0 Å². The van der Waals surface area contributed by atoms with E-state index in [2.05, 4.69) is 67.3 Å². The number of rotatable bonds is 6. The van der Waals surface area contributed by atoms with E-state index in [-0.39, 0.29) is 12.1 Å². The van der Waals surface area contributed by atoms with E-state index in [9.17, 15) is 4.79 Å². The summed E-state index contributed by atoms with van der Waals surface area (Å²) < 4.78 is 0. The lowest BCUT2D eigenvalue weighted by molar-refractivity contribution is -0.117. The van der Waals surface area contributed by atoms with Gasteiger partial charge in [-0.15, -0.1) is 0 Å². The largest absolute Gasteiger partial charge is 0.333 e. The van der Waals surface area contributed by atoms with Crippen LogP contribution in [0.2, 0.25) is 0 Å². The molecule has 0 radical (unpaired) electrons. The summed E-state index contributed by atoms with van der Waals surface area (Å²) in [7, 11) is 2.03. The first kappa shape index (κ1) is 20.5. The second kappa shape index (κ2) is 9.28. The molecule has 5 heteroatoms. The molecule has 1 amide bonds. The van der Waals surface area contributed by atoms with Crippen LogP contribution in [0.5, 0.6) is 0 Å². The van der Waals surface area contributed by atoms with Gasteiger partial charge in [0.25, 0.3) is 0 Å². The lowest BCUT2D eigenvalue weighted by atomic mass is 10.0. The Morgan fingerprint density at radius 1 is 1.18 bits per heavy atom. The first-order chi connectivity index (χ1) is 13.5. The summed E-state index contributed by atoms with van der Waals surface area (Å²) in [5.41, 5.74) is 3.52. The predicted octanol–water partition coefficient (Wildman–Crippen LogP) is 4.77. The number of aliphatic imine (C=N–C) groups is 1. The highest BCUT2D eigenvalue weighted by Gasteiger charge is 2.34. The first-order valence-corrected chi connectivity index (χ1v) is 10.8. The van der Waals surface area contributed by atoms with E-state index in [1.165, 1.54) is 11.1 Å². The van der Waals surface area contributed by atoms with Crippen molar-refractivity contribution in [2.75, 3.05) is 24.2 Å². The van der Waals surface area contributed by atoms with Crippen LogP contribution in [0.4, 0.5) is 5.69 Å². The summed E-state index contributed by atoms with van der Waals surface area (Å²) >= 11 is 1.72. The van der Waals surface area contributed by atoms with Crippen LogP contribution in [0, 0.1) is 0 Å². The van der Waals surface area contributed by atoms with Gasteiger partial charge in [-0.05, 0) is 35.6 Å². The number of carbonyl (C=O) groups excluding carboxylic acids is 1. The molecule has 3 rings (SSSR count). The van der Waals surface area contributed by atoms with Crippen LogP contribution >= 0.6 is 11.8 Å². The lowest BCUT2D eigenvalue weighted by Crippen LogP contribution is -2.48. The first-order valence-electron chi connectivity index (χ1n) is 9.81. The van der Waals surface area contributed by atoms with Gasteiger partial charge in [-0.2, -0.15) is 0 Å². The molecular weight excluding hydrogens is 366 g/mol. The van der Waals surface area contributed by atoms with Gasteiger partial charge in [-0.3, -0.25) is 14.7 Å². The van der Waals surface area contributed by atoms with Crippen LogP contribution in [0.15, 0.2) is 59.6 Å². The number of carbonyl (C=O) groups is 1. The Bertz CT molecular complexity index is 818. The van der Waals surface area contributed by atoms with Gasteiger partial charge in [0.15, 0.2) is 5.17 Å². The monoisotopic (exact) mass is 395 g/mol. The SMILES string of the molecule is CC(=O)N(c1ccc(C(C)C)cc1)C1CSC(=NCCc2ccccc2)N1C. The van der Waals surface area contributed by atoms with Gasteiger partial charge < -0.3 is 4.90 Å². The molecule has 28 heavy (non-hydrogen) atoms. The smallest absolute Gasteiger partial charge is 0.225 e.